The van der Waals surface area contributed by atoms with Gasteiger partial charge in [-0.05, 0) is 49.1 Å². The first kappa shape index (κ1) is 21.9. The molecule has 158 valence electrons. The van der Waals surface area contributed by atoms with E-state index in [1.54, 1.807) is 0 Å². The van der Waals surface area contributed by atoms with Crippen LogP contribution in [0, 0.1) is 6.92 Å². The minimum Gasteiger partial charge on any atom is -0.490 e. The van der Waals surface area contributed by atoms with Crippen LogP contribution in [0.15, 0.2) is 72.8 Å². The lowest BCUT2D eigenvalue weighted by molar-refractivity contribution is 0.269. The summed E-state index contributed by atoms with van der Waals surface area (Å²) in [6, 6.07) is 25.7. The van der Waals surface area contributed by atoms with E-state index >= 15 is 0 Å². The summed E-state index contributed by atoms with van der Waals surface area (Å²) in [5.41, 5.74) is 4.93. The largest absolute Gasteiger partial charge is 0.490 e. The molecule has 1 atom stereocenters. The predicted molar refractivity (Wildman–Crippen MR) is 124 cm³/mol. The molecule has 1 N–H and O–H groups in total. The minimum atomic E-state index is 0.351. The number of nitrogens with one attached hydrogen (secondary N) is 1. The van der Waals surface area contributed by atoms with E-state index < -0.39 is 0 Å². The molecule has 3 heteroatoms. The van der Waals surface area contributed by atoms with Crippen LogP contribution in [0.5, 0.6) is 11.5 Å². The Bertz CT molecular complexity index is 890. The van der Waals surface area contributed by atoms with E-state index in [2.05, 4.69) is 85.9 Å². The molecule has 0 radical (unpaired) electrons. The Morgan fingerprint density at radius 1 is 0.800 bits per heavy atom. The molecular weight excluding hydrogens is 370 g/mol. The van der Waals surface area contributed by atoms with Crippen LogP contribution in [-0.2, 0) is 13.2 Å². The van der Waals surface area contributed by atoms with Gasteiger partial charge < -0.3 is 14.8 Å². The Balaban J connectivity index is 1.66. The molecule has 0 aliphatic carbocycles. The Morgan fingerprint density at radius 3 is 2.23 bits per heavy atom. The van der Waals surface area contributed by atoms with Crippen molar-refractivity contribution in [3.63, 3.8) is 0 Å². The van der Waals surface area contributed by atoms with Crippen LogP contribution >= 0.6 is 0 Å². The fourth-order valence-electron chi connectivity index (χ4n) is 3.50. The molecule has 0 aliphatic heterocycles. The molecule has 0 saturated heterocycles. The highest BCUT2D eigenvalue weighted by molar-refractivity contribution is 5.43. The summed E-state index contributed by atoms with van der Waals surface area (Å²) in [5, 5.41) is 3.71. The average Bonchev–Trinajstić information content (AvgIpc) is 2.78. The molecule has 0 spiro atoms. The van der Waals surface area contributed by atoms with Gasteiger partial charge in [-0.2, -0.15) is 0 Å². The predicted octanol–water partition coefficient (Wildman–Crippen LogP) is 6.60. The van der Waals surface area contributed by atoms with E-state index in [0.29, 0.717) is 19.3 Å². The van der Waals surface area contributed by atoms with E-state index in [0.717, 1.165) is 36.4 Å². The topological polar surface area (TPSA) is 30.5 Å². The van der Waals surface area contributed by atoms with Crippen LogP contribution in [-0.4, -0.2) is 6.61 Å². The van der Waals surface area contributed by atoms with Gasteiger partial charge in [0.1, 0.15) is 6.61 Å². The summed E-state index contributed by atoms with van der Waals surface area (Å²) in [6.07, 6.45) is 2.25. The summed E-state index contributed by atoms with van der Waals surface area (Å²) in [7, 11) is 0. The van der Waals surface area contributed by atoms with Gasteiger partial charge in [0.2, 0.25) is 0 Å². The second-order valence-corrected chi connectivity index (χ2v) is 7.62. The molecule has 3 aromatic rings. The molecule has 0 aliphatic rings. The Morgan fingerprint density at radius 2 is 1.53 bits per heavy atom. The second-order valence-electron chi connectivity index (χ2n) is 7.62. The molecule has 3 rings (SSSR count). The molecule has 0 heterocycles. The lowest BCUT2D eigenvalue weighted by Crippen LogP contribution is -2.20. The van der Waals surface area contributed by atoms with Gasteiger partial charge in [-0.1, -0.05) is 79.6 Å². The van der Waals surface area contributed by atoms with Crippen molar-refractivity contribution < 1.29 is 9.47 Å². The first-order valence-corrected chi connectivity index (χ1v) is 10.9. The van der Waals surface area contributed by atoms with Crippen LogP contribution in [0.2, 0.25) is 0 Å². The van der Waals surface area contributed by atoms with Crippen molar-refractivity contribution >= 4 is 0 Å². The lowest BCUT2D eigenvalue weighted by atomic mass is 10.0. The smallest absolute Gasteiger partial charge is 0.161 e. The molecule has 0 fully saturated rings. The molecule has 1 unspecified atom stereocenters. The zero-order chi connectivity index (χ0) is 21.2. The molecule has 3 aromatic carbocycles. The van der Waals surface area contributed by atoms with E-state index in [-0.39, 0.29) is 0 Å². The second kappa shape index (κ2) is 11.4. The van der Waals surface area contributed by atoms with Gasteiger partial charge in [-0.25, -0.2) is 0 Å². The highest BCUT2D eigenvalue weighted by Crippen LogP contribution is 2.30. The van der Waals surface area contributed by atoms with Gasteiger partial charge in [0.05, 0.1) is 6.61 Å². The third-order valence-electron chi connectivity index (χ3n) is 5.15. The van der Waals surface area contributed by atoms with Gasteiger partial charge in [0, 0.05) is 12.6 Å². The van der Waals surface area contributed by atoms with Gasteiger partial charge in [0.15, 0.2) is 11.5 Å². The monoisotopic (exact) mass is 403 g/mol. The maximum absolute atomic E-state index is 6.06. The quantitative estimate of drug-likeness (QED) is 0.391. The van der Waals surface area contributed by atoms with Crippen LogP contribution < -0.4 is 14.8 Å². The van der Waals surface area contributed by atoms with Crippen molar-refractivity contribution in [3.05, 3.63) is 95.1 Å². The zero-order valence-electron chi connectivity index (χ0n) is 18.4. The standard InChI is InChI=1S/C27H33NO2/c1-4-9-25(24-10-7-6-8-11-24)28-19-23-16-17-26(27(18-23)29-5-2)30-20-22-14-12-21(3)13-15-22/h6-8,10-18,25,28H,4-5,9,19-20H2,1-3H3. The first-order chi connectivity index (χ1) is 14.7. The first-order valence-electron chi connectivity index (χ1n) is 10.9. The number of ether oxygens (including phenoxy) is 2. The molecule has 30 heavy (non-hydrogen) atoms. The van der Waals surface area contributed by atoms with Crippen molar-refractivity contribution in [1.29, 1.82) is 0 Å². The Labute approximate surface area is 181 Å². The highest BCUT2D eigenvalue weighted by Gasteiger charge is 2.11. The molecule has 0 saturated carbocycles. The maximum Gasteiger partial charge on any atom is 0.161 e. The van der Waals surface area contributed by atoms with Crippen molar-refractivity contribution in [2.24, 2.45) is 0 Å². The number of hydrogen-bond donors (Lipinski definition) is 1. The molecule has 0 amide bonds. The van der Waals surface area contributed by atoms with Crippen molar-refractivity contribution in [3.8, 4) is 11.5 Å². The number of benzene rings is 3. The molecule has 3 nitrogen and oxygen atoms in total. The van der Waals surface area contributed by atoms with E-state index in [4.69, 9.17) is 9.47 Å². The summed E-state index contributed by atoms with van der Waals surface area (Å²) < 4.78 is 11.9. The summed E-state index contributed by atoms with van der Waals surface area (Å²) in [4.78, 5) is 0. The molecule has 0 aromatic heterocycles. The van der Waals surface area contributed by atoms with E-state index in [1.807, 2.05) is 13.0 Å². The zero-order valence-corrected chi connectivity index (χ0v) is 18.4. The van der Waals surface area contributed by atoms with Crippen LogP contribution in [0.3, 0.4) is 0 Å². The fourth-order valence-corrected chi connectivity index (χ4v) is 3.50. The number of aryl methyl sites for hydroxylation is 1. The average molecular weight is 404 g/mol. The van der Waals surface area contributed by atoms with Crippen molar-refractivity contribution in [1.82, 2.24) is 5.32 Å². The molecule has 0 bridgehead atoms. The van der Waals surface area contributed by atoms with E-state index in [1.165, 1.54) is 16.7 Å². The summed E-state index contributed by atoms with van der Waals surface area (Å²) >= 11 is 0. The third-order valence-corrected chi connectivity index (χ3v) is 5.15. The summed E-state index contributed by atoms with van der Waals surface area (Å²) in [5.74, 6) is 1.59. The Hall–Kier alpha value is -2.78. The van der Waals surface area contributed by atoms with E-state index in [9.17, 15) is 0 Å². The van der Waals surface area contributed by atoms with Crippen LogP contribution in [0.25, 0.3) is 0 Å². The normalized spacial score (nSPS) is 11.8. The SMILES string of the molecule is CCCC(NCc1ccc(OCc2ccc(C)cc2)c(OCC)c1)c1ccccc1. The lowest BCUT2D eigenvalue weighted by Gasteiger charge is -2.19. The summed E-state index contributed by atoms with van der Waals surface area (Å²) in [6.45, 7) is 8.25. The van der Waals surface area contributed by atoms with Crippen LogP contribution in [0.1, 0.15) is 55.0 Å². The van der Waals surface area contributed by atoms with Gasteiger partial charge in [-0.3, -0.25) is 0 Å². The number of rotatable bonds is 11. The third kappa shape index (κ3) is 6.36. The highest BCUT2D eigenvalue weighted by atomic mass is 16.5. The van der Waals surface area contributed by atoms with Gasteiger partial charge >= 0.3 is 0 Å². The fraction of sp³-hybridized carbons (Fsp3) is 0.333. The molecular formula is C27H33NO2. The van der Waals surface area contributed by atoms with Crippen LogP contribution in [0.4, 0.5) is 0 Å². The van der Waals surface area contributed by atoms with Gasteiger partial charge in [-0.15, -0.1) is 0 Å². The number of hydrogen-bond acceptors (Lipinski definition) is 3. The maximum atomic E-state index is 6.06. The minimum absolute atomic E-state index is 0.351. The van der Waals surface area contributed by atoms with Crippen molar-refractivity contribution in [2.75, 3.05) is 6.61 Å². The Kier molecular flexibility index (Phi) is 8.34. The van der Waals surface area contributed by atoms with Gasteiger partial charge in [0.25, 0.3) is 0 Å². The van der Waals surface area contributed by atoms with Crippen molar-refractivity contribution in [2.45, 2.75) is 52.8 Å².